The highest BCUT2D eigenvalue weighted by atomic mass is 32.2. The number of aryl methyl sites for hydroxylation is 2. The molecule has 0 aliphatic heterocycles. The van der Waals surface area contributed by atoms with Crippen LogP contribution in [0.1, 0.15) is 30.0 Å². The summed E-state index contributed by atoms with van der Waals surface area (Å²) in [5.41, 5.74) is 3.03. The van der Waals surface area contributed by atoms with Crippen LogP contribution in [0.2, 0.25) is 0 Å². The van der Waals surface area contributed by atoms with E-state index in [1.54, 1.807) is 0 Å². The predicted octanol–water partition coefficient (Wildman–Crippen LogP) is 4.49. The lowest BCUT2D eigenvalue weighted by atomic mass is 10.1. The van der Waals surface area contributed by atoms with Gasteiger partial charge in [0.15, 0.2) is 9.84 Å². The summed E-state index contributed by atoms with van der Waals surface area (Å²) in [6.45, 7) is 6.68. The molecule has 0 radical (unpaired) electrons. The standard InChI is InChI=1S/C24H31NO5S/c1-5-6-13-29-22-16-19(2)24(20(3)17-22)30-14-10-15-31(26,27)18-23(25-28-4)21-11-8-7-9-12-21/h5-9,11-12,16-17H,10,13-15,18H2,1-4H3/b6-5+,25-23-. The normalized spacial score (nSPS) is 12.2. The first-order valence-electron chi connectivity index (χ1n) is 10.2. The fraction of sp³-hybridized carbons (Fsp3) is 0.375. The third kappa shape index (κ3) is 8.09. The Kier molecular flexibility index (Phi) is 9.59. The van der Waals surface area contributed by atoms with Crippen LogP contribution in [0.15, 0.2) is 59.8 Å². The molecule has 2 aromatic carbocycles. The maximum atomic E-state index is 12.6. The van der Waals surface area contributed by atoms with E-state index in [0.29, 0.717) is 25.3 Å². The van der Waals surface area contributed by atoms with Crippen LogP contribution in [0, 0.1) is 13.8 Å². The maximum absolute atomic E-state index is 12.6. The topological polar surface area (TPSA) is 74.2 Å². The highest BCUT2D eigenvalue weighted by Gasteiger charge is 2.17. The van der Waals surface area contributed by atoms with Crippen LogP contribution in [0.25, 0.3) is 0 Å². The Bertz CT molecular complexity index is 975. The SMILES string of the molecule is C/C=C/COc1cc(C)c(OCCCS(=O)(=O)C/C(=N/OC)c2ccccc2)c(C)c1. The van der Waals surface area contributed by atoms with E-state index in [2.05, 4.69) is 5.16 Å². The largest absolute Gasteiger partial charge is 0.493 e. The number of nitrogens with zero attached hydrogens (tertiary/aromatic N) is 1. The number of allylic oxidation sites excluding steroid dienone is 1. The first-order chi connectivity index (χ1) is 14.9. The molecule has 0 saturated heterocycles. The van der Waals surface area contributed by atoms with Gasteiger partial charge >= 0.3 is 0 Å². The van der Waals surface area contributed by atoms with Gasteiger partial charge in [0.05, 0.1) is 18.1 Å². The van der Waals surface area contributed by atoms with Gasteiger partial charge in [-0.15, -0.1) is 0 Å². The molecule has 0 bridgehead atoms. The van der Waals surface area contributed by atoms with Gasteiger partial charge in [0, 0.05) is 5.56 Å². The third-order valence-electron chi connectivity index (χ3n) is 4.53. The van der Waals surface area contributed by atoms with Crippen LogP contribution in [0.3, 0.4) is 0 Å². The molecule has 0 unspecified atom stereocenters. The van der Waals surface area contributed by atoms with E-state index in [-0.39, 0.29) is 11.5 Å². The zero-order chi connectivity index (χ0) is 22.7. The fourth-order valence-corrected chi connectivity index (χ4v) is 4.44. The van der Waals surface area contributed by atoms with Crippen LogP contribution < -0.4 is 9.47 Å². The lowest BCUT2D eigenvalue weighted by molar-refractivity contribution is 0.213. The monoisotopic (exact) mass is 445 g/mol. The van der Waals surface area contributed by atoms with Gasteiger partial charge in [-0.1, -0.05) is 47.6 Å². The fourth-order valence-electron chi connectivity index (χ4n) is 3.10. The molecule has 31 heavy (non-hydrogen) atoms. The van der Waals surface area contributed by atoms with Crippen LogP contribution in [-0.4, -0.2) is 46.0 Å². The van der Waals surface area contributed by atoms with Gasteiger partial charge in [0.1, 0.15) is 30.9 Å². The summed E-state index contributed by atoms with van der Waals surface area (Å²) >= 11 is 0. The Hall–Kier alpha value is -2.80. The second-order valence-corrected chi connectivity index (χ2v) is 9.33. The molecule has 0 saturated carbocycles. The number of hydrogen-bond acceptors (Lipinski definition) is 6. The van der Waals surface area contributed by atoms with Crippen LogP contribution >= 0.6 is 0 Å². The Morgan fingerprint density at radius 2 is 1.74 bits per heavy atom. The highest BCUT2D eigenvalue weighted by molar-refractivity contribution is 7.92. The van der Waals surface area contributed by atoms with Crippen molar-refractivity contribution in [3.63, 3.8) is 0 Å². The quantitative estimate of drug-likeness (QED) is 0.208. The molecular weight excluding hydrogens is 414 g/mol. The van der Waals surface area contributed by atoms with Crippen molar-refractivity contribution in [2.24, 2.45) is 5.16 Å². The van der Waals surface area contributed by atoms with Gasteiger partial charge in [-0.05, 0) is 50.5 Å². The van der Waals surface area contributed by atoms with Crippen LogP contribution in [0.5, 0.6) is 11.5 Å². The van der Waals surface area contributed by atoms with E-state index in [1.807, 2.05) is 75.4 Å². The minimum atomic E-state index is -3.36. The smallest absolute Gasteiger partial charge is 0.156 e. The summed E-state index contributed by atoms with van der Waals surface area (Å²) in [6, 6.07) is 13.0. The van der Waals surface area contributed by atoms with Gasteiger partial charge in [-0.25, -0.2) is 8.42 Å². The first kappa shape index (κ1) is 24.5. The van der Waals surface area contributed by atoms with Gasteiger partial charge in [-0.2, -0.15) is 0 Å². The van der Waals surface area contributed by atoms with Crippen molar-refractivity contribution >= 4 is 15.5 Å². The molecule has 0 N–H and O–H groups in total. The van der Waals surface area contributed by atoms with Gasteiger partial charge < -0.3 is 14.3 Å². The van der Waals surface area contributed by atoms with Crippen molar-refractivity contribution in [3.05, 3.63) is 71.3 Å². The highest BCUT2D eigenvalue weighted by Crippen LogP contribution is 2.28. The Morgan fingerprint density at radius 3 is 2.35 bits per heavy atom. The molecule has 2 aromatic rings. The second-order valence-electron chi connectivity index (χ2n) is 7.15. The third-order valence-corrected chi connectivity index (χ3v) is 6.15. The van der Waals surface area contributed by atoms with Crippen molar-refractivity contribution in [2.45, 2.75) is 27.2 Å². The number of hydrogen-bond donors (Lipinski definition) is 0. The van der Waals surface area contributed by atoms with Gasteiger partial charge in [-0.3, -0.25) is 0 Å². The predicted molar refractivity (Wildman–Crippen MR) is 125 cm³/mol. The molecule has 6 nitrogen and oxygen atoms in total. The van der Waals surface area contributed by atoms with E-state index >= 15 is 0 Å². The molecule has 7 heteroatoms. The summed E-state index contributed by atoms with van der Waals surface area (Å²) in [5, 5.41) is 3.90. The van der Waals surface area contributed by atoms with E-state index in [4.69, 9.17) is 14.3 Å². The molecule has 0 aliphatic rings. The summed E-state index contributed by atoms with van der Waals surface area (Å²) < 4.78 is 36.8. The zero-order valence-corrected chi connectivity index (χ0v) is 19.4. The molecule has 0 fully saturated rings. The molecule has 0 aliphatic carbocycles. The van der Waals surface area contributed by atoms with Crippen molar-refractivity contribution in [3.8, 4) is 11.5 Å². The Balaban J connectivity index is 1.92. The average molecular weight is 446 g/mol. The first-order valence-corrected chi connectivity index (χ1v) is 12.0. The van der Waals surface area contributed by atoms with Gasteiger partial charge in [0.2, 0.25) is 0 Å². The van der Waals surface area contributed by atoms with E-state index < -0.39 is 9.84 Å². The number of oxime groups is 1. The molecule has 0 heterocycles. The van der Waals surface area contributed by atoms with Crippen molar-refractivity contribution in [2.75, 3.05) is 31.8 Å². The van der Waals surface area contributed by atoms with Crippen molar-refractivity contribution in [1.82, 2.24) is 0 Å². The second kappa shape index (κ2) is 12.2. The molecular formula is C24H31NO5S. The molecule has 0 atom stereocenters. The van der Waals surface area contributed by atoms with E-state index in [1.165, 1.54) is 7.11 Å². The van der Waals surface area contributed by atoms with Crippen molar-refractivity contribution < 1.29 is 22.7 Å². The van der Waals surface area contributed by atoms with Crippen LogP contribution in [0.4, 0.5) is 0 Å². The van der Waals surface area contributed by atoms with Crippen LogP contribution in [-0.2, 0) is 14.7 Å². The zero-order valence-electron chi connectivity index (χ0n) is 18.6. The molecule has 0 spiro atoms. The number of sulfone groups is 1. The minimum absolute atomic E-state index is 0.00517. The summed E-state index contributed by atoms with van der Waals surface area (Å²) in [5.74, 6) is 1.38. The Morgan fingerprint density at radius 1 is 1.06 bits per heavy atom. The summed E-state index contributed by atoms with van der Waals surface area (Å²) in [6.07, 6.45) is 4.26. The minimum Gasteiger partial charge on any atom is -0.493 e. The van der Waals surface area contributed by atoms with E-state index in [9.17, 15) is 8.42 Å². The number of rotatable bonds is 12. The lowest BCUT2D eigenvalue weighted by Crippen LogP contribution is -2.21. The summed E-state index contributed by atoms with van der Waals surface area (Å²) in [7, 11) is -1.95. The molecule has 2 rings (SSSR count). The molecule has 0 amide bonds. The lowest BCUT2D eigenvalue weighted by Gasteiger charge is -2.14. The Labute approximate surface area is 185 Å². The van der Waals surface area contributed by atoms with Crippen molar-refractivity contribution in [1.29, 1.82) is 0 Å². The number of benzene rings is 2. The number of ether oxygens (including phenoxy) is 2. The summed E-state index contributed by atoms with van der Waals surface area (Å²) in [4.78, 5) is 4.84. The molecule has 168 valence electrons. The van der Waals surface area contributed by atoms with E-state index in [0.717, 1.165) is 28.2 Å². The molecule has 0 aromatic heterocycles. The maximum Gasteiger partial charge on any atom is 0.156 e. The average Bonchev–Trinajstić information content (AvgIpc) is 2.73. The van der Waals surface area contributed by atoms with Gasteiger partial charge in [0.25, 0.3) is 0 Å².